The summed E-state index contributed by atoms with van der Waals surface area (Å²) < 4.78 is 37.9. The highest BCUT2D eigenvalue weighted by atomic mass is 32.2. The summed E-state index contributed by atoms with van der Waals surface area (Å²) in [4.78, 5) is 7.17. The van der Waals surface area contributed by atoms with Crippen molar-refractivity contribution in [3.05, 3.63) is 53.7 Å². The van der Waals surface area contributed by atoms with Gasteiger partial charge in [-0.3, -0.25) is 0 Å². The highest BCUT2D eigenvalue weighted by Crippen LogP contribution is 2.23. The third-order valence-electron chi connectivity index (χ3n) is 4.84. The Morgan fingerprint density at radius 1 is 1.21 bits per heavy atom. The summed E-state index contributed by atoms with van der Waals surface area (Å²) in [6.07, 6.45) is 1.70. The molecule has 1 aliphatic heterocycles. The van der Waals surface area contributed by atoms with Crippen LogP contribution in [0.25, 0.3) is 10.8 Å². The van der Waals surface area contributed by atoms with Crippen LogP contribution in [0.3, 0.4) is 0 Å². The molecule has 1 N–H and O–H groups in total. The Kier molecular flexibility index (Phi) is 5.49. The zero-order chi connectivity index (χ0) is 19.6. The van der Waals surface area contributed by atoms with Crippen LogP contribution in [-0.2, 0) is 16.6 Å². The number of hydrogen-bond acceptors (Lipinski definition) is 6. The van der Waals surface area contributed by atoms with Gasteiger partial charge in [-0.05, 0) is 35.7 Å². The van der Waals surface area contributed by atoms with Gasteiger partial charge in [0.05, 0.1) is 43.1 Å². The summed E-state index contributed by atoms with van der Waals surface area (Å²) in [7, 11) is -1.92. The normalized spacial score (nSPS) is 16.3. The molecule has 1 saturated heterocycles. The molecule has 1 fully saturated rings. The molecule has 4 rings (SSSR count). The van der Waals surface area contributed by atoms with Gasteiger partial charge < -0.3 is 14.1 Å². The molecule has 1 aromatic carbocycles. The molecule has 2 aromatic heterocycles. The van der Waals surface area contributed by atoms with Crippen molar-refractivity contribution >= 4 is 21.4 Å². The number of thiophene rings is 1. The molecule has 28 heavy (non-hydrogen) atoms. The Hall–Kier alpha value is -2.20. The van der Waals surface area contributed by atoms with Gasteiger partial charge in [-0.1, -0.05) is 6.07 Å². The van der Waals surface area contributed by atoms with Crippen molar-refractivity contribution in [3.63, 3.8) is 0 Å². The van der Waals surface area contributed by atoms with Gasteiger partial charge in [-0.2, -0.15) is 4.31 Å². The van der Waals surface area contributed by atoms with Crippen LogP contribution in [0.4, 0.5) is 0 Å². The molecule has 0 unspecified atom stereocenters. The first kappa shape index (κ1) is 19.1. The Morgan fingerprint density at radius 2 is 1.96 bits per heavy atom. The SMILES string of the molecule is COc1ccc(S(=O)(=O)N2CC[NH+](Cc3coc(-c4cccs4)n3)CC2)cc1. The topological polar surface area (TPSA) is 77.1 Å². The van der Waals surface area contributed by atoms with E-state index < -0.39 is 10.0 Å². The molecular weight excluding hydrogens is 398 g/mol. The first-order valence-electron chi connectivity index (χ1n) is 9.02. The molecule has 0 spiro atoms. The number of benzene rings is 1. The summed E-state index contributed by atoms with van der Waals surface area (Å²) in [5.74, 6) is 1.29. The molecule has 7 nitrogen and oxygen atoms in total. The summed E-state index contributed by atoms with van der Waals surface area (Å²) in [6.45, 7) is 3.16. The minimum Gasteiger partial charge on any atom is -0.497 e. The summed E-state index contributed by atoms with van der Waals surface area (Å²) >= 11 is 1.59. The van der Waals surface area contributed by atoms with Crippen LogP contribution in [0.5, 0.6) is 5.75 Å². The van der Waals surface area contributed by atoms with E-state index in [0.29, 0.717) is 29.6 Å². The lowest BCUT2D eigenvalue weighted by Crippen LogP contribution is -3.13. The zero-order valence-electron chi connectivity index (χ0n) is 15.5. The van der Waals surface area contributed by atoms with Crippen LogP contribution in [-0.4, -0.2) is 51.0 Å². The van der Waals surface area contributed by atoms with Gasteiger partial charge in [0.1, 0.15) is 24.3 Å². The fourth-order valence-electron chi connectivity index (χ4n) is 3.27. The third-order valence-corrected chi connectivity index (χ3v) is 7.61. The second kappa shape index (κ2) is 8.04. The number of rotatable bonds is 6. The maximum Gasteiger partial charge on any atom is 0.243 e. The van der Waals surface area contributed by atoms with E-state index >= 15 is 0 Å². The van der Waals surface area contributed by atoms with Gasteiger partial charge in [0.15, 0.2) is 0 Å². The van der Waals surface area contributed by atoms with Gasteiger partial charge in [-0.15, -0.1) is 11.3 Å². The Balaban J connectivity index is 1.36. The molecule has 0 bridgehead atoms. The zero-order valence-corrected chi connectivity index (χ0v) is 17.1. The van der Waals surface area contributed by atoms with E-state index in [-0.39, 0.29) is 0 Å². The number of hydrogen-bond donors (Lipinski definition) is 1. The van der Waals surface area contributed by atoms with E-state index in [2.05, 4.69) is 4.98 Å². The maximum absolute atomic E-state index is 12.8. The van der Waals surface area contributed by atoms with Crippen LogP contribution in [0.1, 0.15) is 5.69 Å². The van der Waals surface area contributed by atoms with Crippen LogP contribution in [0, 0.1) is 0 Å². The average Bonchev–Trinajstić information content (AvgIpc) is 3.40. The molecule has 9 heteroatoms. The highest BCUT2D eigenvalue weighted by molar-refractivity contribution is 7.89. The number of piperazine rings is 1. The average molecular weight is 421 g/mol. The maximum atomic E-state index is 12.8. The molecule has 3 aromatic rings. The van der Waals surface area contributed by atoms with Crippen LogP contribution in [0.2, 0.25) is 0 Å². The van der Waals surface area contributed by atoms with Crippen molar-refractivity contribution in [2.24, 2.45) is 0 Å². The van der Waals surface area contributed by atoms with E-state index in [1.807, 2.05) is 17.5 Å². The summed E-state index contributed by atoms with van der Waals surface area (Å²) in [6, 6.07) is 10.5. The van der Waals surface area contributed by atoms with Crippen molar-refractivity contribution in [1.82, 2.24) is 9.29 Å². The van der Waals surface area contributed by atoms with Gasteiger partial charge in [-0.25, -0.2) is 13.4 Å². The van der Waals surface area contributed by atoms with Crippen molar-refractivity contribution in [3.8, 4) is 16.5 Å². The number of methoxy groups -OCH3 is 1. The van der Waals surface area contributed by atoms with Crippen LogP contribution >= 0.6 is 11.3 Å². The van der Waals surface area contributed by atoms with Gasteiger partial charge in [0.2, 0.25) is 15.9 Å². The lowest BCUT2D eigenvalue weighted by Gasteiger charge is -2.31. The molecule has 148 valence electrons. The first-order valence-corrected chi connectivity index (χ1v) is 11.3. The Bertz CT molecular complexity index is 1010. The predicted octanol–water partition coefficient (Wildman–Crippen LogP) is 1.50. The molecule has 0 atom stereocenters. The number of sulfonamides is 1. The number of oxazole rings is 1. The minimum atomic E-state index is -3.48. The standard InChI is InChI=1S/C19H21N3O4S2/c1-25-16-4-6-17(7-5-16)28(23,24)22-10-8-21(9-11-22)13-15-14-26-19(20-15)18-3-2-12-27-18/h2-7,12,14H,8-11,13H2,1H3/p+1. The van der Waals surface area contributed by atoms with E-state index in [4.69, 9.17) is 9.15 Å². The molecule has 0 aliphatic carbocycles. The molecule has 0 radical (unpaired) electrons. The molecule has 1 aliphatic rings. The van der Waals surface area contributed by atoms with Crippen LogP contribution in [0.15, 0.2) is 57.4 Å². The smallest absolute Gasteiger partial charge is 0.243 e. The fraction of sp³-hybridized carbons (Fsp3) is 0.316. The second-order valence-electron chi connectivity index (χ2n) is 6.63. The quantitative estimate of drug-likeness (QED) is 0.654. The van der Waals surface area contributed by atoms with Crippen molar-refractivity contribution in [1.29, 1.82) is 0 Å². The lowest BCUT2D eigenvalue weighted by atomic mass is 10.3. The van der Waals surface area contributed by atoms with E-state index in [1.54, 1.807) is 53.3 Å². The molecule has 3 heterocycles. The van der Waals surface area contributed by atoms with E-state index in [9.17, 15) is 8.42 Å². The van der Waals surface area contributed by atoms with Gasteiger partial charge in [0.25, 0.3) is 0 Å². The fourth-order valence-corrected chi connectivity index (χ4v) is 5.37. The minimum absolute atomic E-state index is 0.300. The molecule has 0 saturated carbocycles. The third kappa shape index (κ3) is 3.97. The molecule has 0 amide bonds. The Morgan fingerprint density at radius 3 is 2.61 bits per heavy atom. The first-order chi connectivity index (χ1) is 13.6. The number of ether oxygens (including phenoxy) is 1. The number of quaternary nitrogens is 1. The van der Waals surface area contributed by atoms with Crippen LogP contribution < -0.4 is 9.64 Å². The molecular formula is C19H22N3O4S2+. The largest absolute Gasteiger partial charge is 0.497 e. The monoisotopic (exact) mass is 420 g/mol. The predicted molar refractivity (Wildman–Crippen MR) is 106 cm³/mol. The summed E-state index contributed by atoms with van der Waals surface area (Å²) in [5, 5.41) is 1.99. The number of aromatic nitrogens is 1. The van der Waals surface area contributed by atoms with E-state index in [0.717, 1.165) is 30.2 Å². The lowest BCUT2D eigenvalue weighted by molar-refractivity contribution is -0.917. The summed E-state index contributed by atoms with van der Waals surface area (Å²) in [5.41, 5.74) is 0.893. The number of nitrogens with one attached hydrogen (secondary N) is 1. The number of nitrogens with zero attached hydrogens (tertiary/aromatic N) is 2. The second-order valence-corrected chi connectivity index (χ2v) is 9.51. The van der Waals surface area contributed by atoms with Gasteiger partial charge >= 0.3 is 0 Å². The van der Waals surface area contributed by atoms with Crippen molar-refractivity contribution in [2.75, 3.05) is 33.3 Å². The highest BCUT2D eigenvalue weighted by Gasteiger charge is 2.30. The van der Waals surface area contributed by atoms with Crippen molar-refractivity contribution in [2.45, 2.75) is 11.4 Å². The van der Waals surface area contributed by atoms with Crippen molar-refractivity contribution < 1.29 is 22.5 Å². The van der Waals surface area contributed by atoms with Gasteiger partial charge in [0, 0.05) is 0 Å². The van der Waals surface area contributed by atoms with E-state index in [1.165, 1.54) is 4.90 Å². The Labute approximate surface area is 168 Å².